The number of allylic oxidation sites excluding steroid dienone is 11. The monoisotopic (exact) mass is 297 g/mol. The van der Waals surface area contributed by atoms with E-state index in [0.717, 1.165) is 18.4 Å². The predicted molar refractivity (Wildman–Crippen MR) is 103 cm³/mol. The van der Waals surface area contributed by atoms with E-state index in [2.05, 4.69) is 90.7 Å². The molecule has 0 aromatic heterocycles. The fraction of sp³-hybridized carbons (Fsp3) is 0.409. The van der Waals surface area contributed by atoms with Gasteiger partial charge in [0.05, 0.1) is 5.92 Å². The van der Waals surface area contributed by atoms with Crippen LogP contribution in [0.4, 0.5) is 0 Å². The number of rotatable bonds is 9. The van der Waals surface area contributed by atoms with Crippen LogP contribution in [0.3, 0.4) is 0 Å². The summed E-state index contributed by atoms with van der Waals surface area (Å²) >= 11 is 0. The normalized spacial score (nSPS) is 13.4. The average molecular weight is 298 g/mol. The van der Waals surface area contributed by atoms with Gasteiger partial charge in [-0.15, -0.1) is 0 Å². The van der Waals surface area contributed by atoms with E-state index in [9.17, 15) is 0 Å². The summed E-state index contributed by atoms with van der Waals surface area (Å²) < 4.78 is 0. The Labute approximate surface area is 138 Å². The van der Waals surface area contributed by atoms with E-state index >= 15 is 0 Å². The summed E-state index contributed by atoms with van der Waals surface area (Å²) in [6.45, 7) is 16.9. The zero-order valence-electron chi connectivity index (χ0n) is 15.4. The molecular formula is C22H33. The first kappa shape index (κ1) is 20.4. The standard InChI is InChI=1S/C22H33/c1-8-11-13-15-20(17-18(4)5)22(16-12-9-2)21(14-10-3)19(6)7/h10,12-17H,6,8-9,11H2,1-5,7H3. The molecule has 0 heteroatoms. The van der Waals surface area contributed by atoms with Crippen LogP contribution in [0.15, 0.2) is 71.4 Å². The maximum atomic E-state index is 4.16. The second-order valence-corrected chi connectivity index (χ2v) is 5.79. The van der Waals surface area contributed by atoms with Gasteiger partial charge in [-0.25, -0.2) is 0 Å². The van der Waals surface area contributed by atoms with Crippen molar-refractivity contribution in [3.05, 3.63) is 77.3 Å². The van der Waals surface area contributed by atoms with Crippen molar-refractivity contribution in [1.82, 2.24) is 0 Å². The number of hydrogen-bond donors (Lipinski definition) is 0. The molecule has 0 saturated heterocycles. The van der Waals surface area contributed by atoms with E-state index in [1.54, 1.807) is 0 Å². The minimum Gasteiger partial charge on any atom is -0.0989 e. The molecule has 0 heterocycles. The molecule has 0 saturated carbocycles. The van der Waals surface area contributed by atoms with Gasteiger partial charge in [0.15, 0.2) is 0 Å². The molecule has 1 radical (unpaired) electrons. The minimum atomic E-state index is 1.03. The first-order valence-corrected chi connectivity index (χ1v) is 8.35. The summed E-state index contributed by atoms with van der Waals surface area (Å²) in [5.41, 5.74) is 4.91. The molecule has 0 aliphatic heterocycles. The highest BCUT2D eigenvalue weighted by atomic mass is 14.2. The molecule has 0 N–H and O–H groups in total. The maximum Gasteiger partial charge on any atom is 0.0511 e. The first-order chi connectivity index (χ1) is 10.5. The number of hydrogen-bond acceptors (Lipinski definition) is 0. The second kappa shape index (κ2) is 12.0. The van der Waals surface area contributed by atoms with Gasteiger partial charge in [0.2, 0.25) is 0 Å². The van der Waals surface area contributed by atoms with Crippen LogP contribution < -0.4 is 0 Å². The molecule has 0 aliphatic rings. The molecule has 0 aromatic rings. The Hall–Kier alpha value is -1.56. The van der Waals surface area contributed by atoms with Crippen molar-refractivity contribution in [3.8, 4) is 0 Å². The van der Waals surface area contributed by atoms with Crippen LogP contribution in [0.5, 0.6) is 0 Å². The predicted octanol–water partition coefficient (Wildman–Crippen LogP) is 7.30. The van der Waals surface area contributed by atoms with Gasteiger partial charge >= 0.3 is 0 Å². The van der Waals surface area contributed by atoms with Crippen molar-refractivity contribution < 1.29 is 0 Å². The molecule has 22 heavy (non-hydrogen) atoms. The van der Waals surface area contributed by atoms with Crippen molar-refractivity contribution >= 4 is 0 Å². The molecule has 0 aromatic carbocycles. The molecule has 0 bridgehead atoms. The van der Waals surface area contributed by atoms with Crippen molar-refractivity contribution in [1.29, 1.82) is 0 Å². The summed E-state index contributed by atoms with van der Waals surface area (Å²) in [6, 6.07) is 0. The summed E-state index contributed by atoms with van der Waals surface area (Å²) in [5.74, 6) is 1.21. The summed E-state index contributed by atoms with van der Waals surface area (Å²) in [7, 11) is 0. The fourth-order valence-corrected chi connectivity index (χ4v) is 2.11. The zero-order valence-corrected chi connectivity index (χ0v) is 15.4. The second-order valence-electron chi connectivity index (χ2n) is 5.79. The SMILES string of the molecule is C=C(C)[C](C=CC)C(C=CCC)=C(C=CCCC)C=C(C)C. The van der Waals surface area contributed by atoms with Gasteiger partial charge in [-0.2, -0.15) is 0 Å². The third-order valence-electron chi connectivity index (χ3n) is 3.11. The highest BCUT2D eigenvalue weighted by Gasteiger charge is 2.13. The van der Waals surface area contributed by atoms with E-state index in [1.807, 2.05) is 0 Å². The smallest absolute Gasteiger partial charge is 0.0511 e. The lowest BCUT2D eigenvalue weighted by molar-refractivity contribution is 0.958. The van der Waals surface area contributed by atoms with Gasteiger partial charge in [-0.05, 0) is 51.7 Å². The lowest BCUT2D eigenvalue weighted by Crippen LogP contribution is -2.01. The zero-order chi connectivity index (χ0) is 17.0. The topological polar surface area (TPSA) is 0 Å². The molecule has 0 aliphatic carbocycles. The van der Waals surface area contributed by atoms with Crippen LogP contribution in [0, 0.1) is 5.92 Å². The van der Waals surface area contributed by atoms with E-state index in [1.165, 1.54) is 29.1 Å². The van der Waals surface area contributed by atoms with E-state index < -0.39 is 0 Å². The molecule has 121 valence electrons. The Morgan fingerprint density at radius 2 is 1.64 bits per heavy atom. The van der Waals surface area contributed by atoms with Gasteiger partial charge < -0.3 is 0 Å². The van der Waals surface area contributed by atoms with Gasteiger partial charge in [0.1, 0.15) is 0 Å². The van der Waals surface area contributed by atoms with Crippen LogP contribution in [0.25, 0.3) is 0 Å². The summed E-state index contributed by atoms with van der Waals surface area (Å²) in [6.07, 6.45) is 18.8. The Kier molecular flexibility index (Phi) is 11.2. The molecule has 0 amide bonds. The van der Waals surface area contributed by atoms with Crippen molar-refractivity contribution in [2.24, 2.45) is 0 Å². The van der Waals surface area contributed by atoms with E-state index in [-0.39, 0.29) is 0 Å². The van der Waals surface area contributed by atoms with Crippen LogP contribution in [-0.2, 0) is 0 Å². The van der Waals surface area contributed by atoms with Gasteiger partial charge in [-0.1, -0.05) is 80.5 Å². The Morgan fingerprint density at radius 1 is 0.955 bits per heavy atom. The molecule has 0 atom stereocenters. The number of unbranched alkanes of at least 4 members (excludes halogenated alkanes) is 1. The van der Waals surface area contributed by atoms with E-state index in [0.29, 0.717) is 0 Å². The molecule has 0 unspecified atom stereocenters. The third kappa shape index (κ3) is 8.02. The first-order valence-electron chi connectivity index (χ1n) is 8.35. The third-order valence-corrected chi connectivity index (χ3v) is 3.11. The lowest BCUT2D eigenvalue weighted by atomic mass is 9.87. The summed E-state index contributed by atoms with van der Waals surface area (Å²) in [4.78, 5) is 0. The molecule has 0 rings (SSSR count). The van der Waals surface area contributed by atoms with E-state index in [4.69, 9.17) is 0 Å². The average Bonchev–Trinajstić information content (AvgIpc) is 2.45. The van der Waals surface area contributed by atoms with Crippen LogP contribution in [0.2, 0.25) is 0 Å². The quantitative estimate of drug-likeness (QED) is 0.392. The van der Waals surface area contributed by atoms with Crippen molar-refractivity contribution in [2.45, 2.75) is 60.8 Å². The van der Waals surface area contributed by atoms with Crippen molar-refractivity contribution in [3.63, 3.8) is 0 Å². The molecule has 0 spiro atoms. The molecule has 0 fully saturated rings. The van der Waals surface area contributed by atoms with Gasteiger partial charge in [-0.3, -0.25) is 0 Å². The lowest BCUT2D eigenvalue weighted by Gasteiger charge is -2.17. The van der Waals surface area contributed by atoms with Gasteiger partial charge in [0.25, 0.3) is 0 Å². The highest BCUT2D eigenvalue weighted by molar-refractivity contribution is 5.57. The van der Waals surface area contributed by atoms with Crippen LogP contribution >= 0.6 is 0 Å². The Morgan fingerprint density at radius 3 is 2.09 bits per heavy atom. The molecule has 0 nitrogen and oxygen atoms in total. The largest absolute Gasteiger partial charge is 0.0989 e. The molecular weight excluding hydrogens is 264 g/mol. The maximum absolute atomic E-state index is 4.16. The van der Waals surface area contributed by atoms with Crippen molar-refractivity contribution in [2.75, 3.05) is 0 Å². The van der Waals surface area contributed by atoms with Crippen LogP contribution in [-0.4, -0.2) is 0 Å². The fourth-order valence-electron chi connectivity index (χ4n) is 2.11. The van der Waals surface area contributed by atoms with Gasteiger partial charge in [0, 0.05) is 0 Å². The Bertz CT molecular complexity index is 474. The Balaban J connectivity index is 6.11. The summed E-state index contributed by atoms with van der Waals surface area (Å²) in [5, 5.41) is 0. The van der Waals surface area contributed by atoms with Crippen LogP contribution in [0.1, 0.15) is 60.8 Å². The minimum absolute atomic E-state index is 1.03. The highest BCUT2D eigenvalue weighted by Crippen LogP contribution is 2.29.